The zero-order valence-corrected chi connectivity index (χ0v) is 10.9. The van der Waals surface area contributed by atoms with Gasteiger partial charge in [-0.2, -0.15) is 0 Å². The summed E-state index contributed by atoms with van der Waals surface area (Å²) in [4.78, 5) is 7.77. The Morgan fingerprint density at radius 3 is 2.62 bits per heavy atom. The average Bonchev–Trinajstić information content (AvgIpc) is 2.52. The summed E-state index contributed by atoms with van der Waals surface area (Å²) in [6, 6.07) is 4.39. The van der Waals surface area contributed by atoms with Crippen molar-refractivity contribution in [1.82, 2.24) is 14.5 Å². The number of pyridine rings is 1. The number of aromatic nitrogens is 3. The molecule has 0 aliphatic rings. The first-order chi connectivity index (χ1) is 7.50. The molecule has 1 N–H and O–H groups in total. The number of H-pyrrole nitrogens is 1. The largest absolute Gasteiger partial charge is 0.329 e. The van der Waals surface area contributed by atoms with Crippen LogP contribution in [-0.2, 0) is 0 Å². The summed E-state index contributed by atoms with van der Waals surface area (Å²) in [7, 11) is 0. The van der Waals surface area contributed by atoms with Gasteiger partial charge in [0.15, 0.2) is 10.4 Å². The van der Waals surface area contributed by atoms with Crippen LogP contribution in [0.15, 0.2) is 12.1 Å². The van der Waals surface area contributed by atoms with Crippen LogP contribution < -0.4 is 0 Å². The molecule has 2 heterocycles. The third kappa shape index (κ3) is 1.78. The average molecular weight is 235 g/mol. The number of nitrogens with one attached hydrogen (secondary N) is 1. The summed E-state index contributed by atoms with van der Waals surface area (Å²) in [5, 5.41) is 0. The number of hydrogen-bond donors (Lipinski definition) is 1. The molecule has 2 aromatic rings. The van der Waals surface area contributed by atoms with Crippen LogP contribution in [-0.4, -0.2) is 14.5 Å². The lowest BCUT2D eigenvalue weighted by molar-refractivity contribution is 0.411. The number of imidazole rings is 1. The third-order valence-electron chi connectivity index (χ3n) is 3.08. The first-order valence-electron chi connectivity index (χ1n) is 5.58. The molecule has 0 radical (unpaired) electrons. The molecule has 2 aromatic heterocycles. The van der Waals surface area contributed by atoms with E-state index in [1.807, 2.05) is 19.1 Å². The summed E-state index contributed by atoms with van der Waals surface area (Å²) < 4.78 is 2.87. The fourth-order valence-electron chi connectivity index (χ4n) is 1.77. The van der Waals surface area contributed by atoms with Gasteiger partial charge in [0.1, 0.15) is 0 Å². The maximum absolute atomic E-state index is 5.36. The molecule has 0 spiro atoms. The van der Waals surface area contributed by atoms with Crippen molar-refractivity contribution in [3.05, 3.63) is 22.6 Å². The lowest BCUT2D eigenvalue weighted by Gasteiger charge is -2.17. The number of nitrogens with zero attached hydrogens (tertiary/aromatic N) is 2. The van der Waals surface area contributed by atoms with Crippen LogP contribution in [0.25, 0.3) is 11.2 Å². The van der Waals surface area contributed by atoms with Gasteiger partial charge in [-0.1, -0.05) is 13.8 Å². The van der Waals surface area contributed by atoms with Crippen LogP contribution in [0.3, 0.4) is 0 Å². The summed E-state index contributed by atoms with van der Waals surface area (Å²) in [6.45, 7) is 8.57. The van der Waals surface area contributed by atoms with Crippen LogP contribution in [0.2, 0.25) is 0 Å². The van der Waals surface area contributed by atoms with E-state index in [2.05, 4.69) is 35.3 Å². The second kappa shape index (κ2) is 4.01. The maximum Gasteiger partial charge on any atom is 0.179 e. The van der Waals surface area contributed by atoms with E-state index < -0.39 is 0 Å². The molecule has 0 aliphatic carbocycles. The Kier molecular flexibility index (Phi) is 2.84. The molecule has 4 heteroatoms. The number of aryl methyl sites for hydroxylation is 1. The Bertz CT molecular complexity index is 565. The lowest BCUT2D eigenvalue weighted by Crippen LogP contribution is -2.12. The van der Waals surface area contributed by atoms with Crippen LogP contribution in [0.5, 0.6) is 0 Å². The standard InChI is InChI=1S/C12H17N3S/c1-7(2)9(4)15-11-10(14-12(15)16)6-5-8(3)13-11/h5-7,9H,1-4H3,(H,14,16). The second-order valence-electron chi connectivity index (χ2n) is 4.61. The molecular weight excluding hydrogens is 218 g/mol. The topological polar surface area (TPSA) is 33.6 Å². The molecule has 0 saturated heterocycles. The third-order valence-corrected chi connectivity index (χ3v) is 3.37. The van der Waals surface area contributed by atoms with Gasteiger partial charge in [0.05, 0.1) is 5.52 Å². The Morgan fingerprint density at radius 2 is 2.00 bits per heavy atom. The monoisotopic (exact) mass is 235 g/mol. The highest BCUT2D eigenvalue weighted by molar-refractivity contribution is 7.71. The van der Waals surface area contributed by atoms with Gasteiger partial charge in [-0.3, -0.25) is 4.57 Å². The van der Waals surface area contributed by atoms with Crippen molar-refractivity contribution < 1.29 is 0 Å². The number of rotatable bonds is 2. The minimum atomic E-state index is 0.357. The molecule has 16 heavy (non-hydrogen) atoms. The molecule has 1 unspecified atom stereocenters. The minimum absolute atomic E-state index is 0.357. The minimum Gasteiger partial charge on any atom is -0.329 e. The second-order valence-corrected chi connectivity index (χ2v) is 5.00. The summed E-state index contributed by atoms with van der Waals surface area (Å²) in [5.74, 6) is 0.535. The highest BCUT2D eigenvalue weighted by Crippen LogP contribution is 2.22. The predicted molar refractivity (Wildman–Crippen MR) is 69.2 cm³/mol. The van der Waals surface area contributed by atoms with E-state index in [0.29, 0.717) is 12.0 Å². The number of hydrogen-bond acceptors (Lipinski definition) is 2. The normalized spacial score (nSPS) is 13.6. The molecule has 0 saturated carbocycles. The predicted octanol–water partition coefficient (Wildman–Crippen LogP) is 3.62. The molecule has 0 bridgehead atoms. The Balaban J connectivity index is 2.72. The molecule has 0 amide bonds. The van der Waals surface area contributed by atoms with Gasteiger partial charge in [0.2, 0.25) is 0 Å². The molecule has 1 atom stereocenters. The number of aromatic amines is 1. The van der Waals surface area contributed by atoms with Gasteiger partial charge in [0.25, 0.3) is 0 Å². The molecule has 0 fully saturated rings. The quantitative estimate of drug-likeness (QED) is 0.807. The Morgan fingerprint density at radius 1 is 1.31 bits per heavy atom. The van der Waals surface area contributed by atoms with E-state index in [-0.39, 0.29) is 0 Å². The zero-order chi connectivity index (χ0) is 11.9. The zero-order valence-electron chi connectivity index (χ0n) is 10.1. The first kappa shape index (κ1) is 11.3. The van der Waals surface area contributed by atoms with Gasteiger partial charge in [0, 0.05) is 11.7 Å². The Labute approximate surface area is 101 Å². The van der Waals surface area contributed by atoms with Gasteiger partial charge < -0.3 is 4.98 Å². The van der Waals surface area contributed by atoms with Gasteiger partial charge in [-0.25, -0.2) is 4.98 Å². The van der Waals surface area contributed by atoms with E-state index in [4.69, 9.17) is 12.2 Å². The van der Waals surface area contributed by atoms with Gasteiger partial charge in [-0.05, 0) is 44.1 Å². The van der Waals surface area contributed by atoms with Crippen molar-refractivity contribution >= 4 is 23.4 Å². The fraction of sp³-hybridized carbons (Fsp3) is 0.500. The smallest absolute Gasteiger partial charge is 0.179 e. The highest BCUT2D eigenvalue weighted by atomic mass is 32.1. The lowest BCUT2D eigenvalue weighted by atomic mass is 10.1. The highest BCUT2D eigenvalue weighted by Gasteiger charge is 2.15. The van der Waals surface area contributed by atoms with Crippen molar-refractivity contribution in [1.29, 1.82) is 0 Å². The summed E-state index contributed by atoms with van der Waals surface area (Å²) in [5.41, 5.74) is 3.00. The van der Waals surface area contributed by atoms with Crippen molar-refractivity contribution in [3.63, 3.8) is 0 Å². The number of fused-ring (bicyclic) bond motifs is 1. The van der Waals surface area contributed by atoms with E-state index in [9.17, 15) is 0 Å². The van der Waals surface area contributed by atoms with Crippen molar-refractivity contribution in [2.24, 2.45) is 5.92 Å². The molecule has 0 aliphatic heterocycles. The van der Waals surface area contributed by atoms with E-state index in [1.54, 1.807) is 0 Å². The van der Waals surface area contributed by atoms with E-state index in [1.165, 1.54) is 0 Å². The summed E-state index contributed by atoms with van der Waals surface area (Å²) >= 11 is 5.36. The fourth-order valence-corrected chi connectivity index (χ4v) is 2.13. The molecular formula is C12H17N3S. The van der Waals surface area contributed by atoms with E-state index in [0.717, 1.165) is 21.6 Å². The molecule has 3 nitrogen and oxygen atoms in total. The van der Waals surface area contributed by atoms with Gasteiger partial charge in [-0.15, -0.1) is 0 Å². The molecule has 86 valence electrons. The Hall–Kier alpha value is -1.16. The van der Waals surface area contributed by atoms with Crippen LogP contribution >= 0.6 is 12.2 Å². The van der Waals surface area contributed by atoms with Crippen LogP contribution in [0.1, 0.15) is 32.5 Å². The first-order valence-corrected chi connectivity index (χ1v) is 5.99. The van der Waals surface area contributed by atoms with Crippen LogP contribution in [0, 0.1) is 17.6 Å². The molecule has 2 rings (SSSR count). The summed E-state index contributed by atoms with van der Waals surface area (Å²) in [6.07, 6.45) is 0. The van der Waals surface area contributed by atoms with Crippen LogP contribution in [0.4, 0.5) is 0 Å². The van der Waals surface area contributed by atoms with E-state index >= 15 is 0 Å². The SMILES string of the molecule is Cc1ccc2[nH]c(=S)n(C(C)C(C)C)c2n1. The molecule has 0 aromatic carbocycles. The maximum atomic E-state index is 5.36. The van der Waals surface area contributed by atoms with Crippen molar-refractivity contribution in [2.45, 2.75) is 33.7 Å². The van der Waals surface area contributed by atoms with Crippen molar-refractivity contribution in [3.8, 4) is 0 Å². The van der Waals surface area contributed by atoms with Gasteiger partial charge >= 0.3 is 0 Å². The van der Waals surface area contributed by atoms with Crippen molar-refractivity contribution in [2.75, 3.05) is 0 Å².